The van der Waals surface area contributed by atoms with Crippen molar-refractivity contribution in [2.24, 2.45) is 0 Å². The van der Waals surface area contributed by atoms with Gasteiger partial charge in [-0.2, -0.15) is 0 Å². The fourth-order valence-corrected chi connectivity index (χ4v) is 2.71. The minimum absolute atomic E-state index is 0.256. The number of hydrogen-bond acceptors (Lipinski definition) is 5. The van der Waals surface area contributed by atoms with Crippen LogP contribution >= 0.6 is 11.6 Å². The Morgan fingerprint density at radius 3 is 2.70 bits per heavy atom. The first-order valence-corrected chi connectivity index (χ1v) is 8.78. The number of carbonyl (C=O) groups excluding carboxylic acids is 1. The van der Waals surface area contributed by atoms with Crippen molar-refractivity contribution in [2.45, 2.75) is 6.42 Å². The molecule has 6 nitrogen and oxygen atoms in total. The maximum atomic E-state index is 12.2. The molecule has 27 heavy (non-hydrogen) atoms. The minimum atomic E-state index is -0.270. The van der Waals surface area contributed by atoms with Gasteiger partial charge in [-0.1, -0.05) is 35.9 Å². The van der Waals surface area contributed by atoms with Crippen molar-refractivity contribution in [2.75, 3.05) is 19.0 Å². The molecular weight excluding hydrogens is 364 g/mol. The first kappa shape index (κ1) is 18.7. The average Bonchev–Trinajstić information content (AvgIpc) is 2.69. The monoisotopic (exact) mass is 382 g/mol. The molecule has 1 amide bonds. The van der Waals surface area contributed by atoms with Gasteiger partial charge in [-0.25, -0.2) is 9.97 Å². The molecule has 138 valence electrons. The van der Waals surface area contributed by atoms with Gasteiger partial charge in [0.1, 0.15) is 17.3 Å². The zero-order chi connectivity index (χ0) is 19.1. The predicted octanol–water partition coefficient (Wildman–Crippen LogP) is 3.85. The number of amides is 1. The van der Waals surface area contributed by atoms with Gasteiger partial charge in [-0.15, -0.1) is 0 Å². The van der Waals surface area contributed by atoms with Crippen molar-refractivity contribution in [3.63, 3.8) is 0 Å². The highest BCUT2D eigenvalue weighted by Crippen LogP contribution is 2.25. The lowest BCUT2D eigenvalue weighted by molar-refractivity contribution is 0.0949. The Bertz CT molecular complexity index is 916. The van der Waals surface area contributed by atoms with E-state index in [2.05, 4.69) is 20.6 Å². The highest BCUT2D eigenvalue weighted by molar-refractivity contribution is 6.30. The van der Waals surface area contributed by atoms with Crippen LogP contribution in [0.2, 0.25) is 5.02 Å². The molecule has 2 aromatic carbocycles. The number of aromatic nitrogens is 2. The van der Waals surface area contributed by atoms with Crippen LogP contribution in [0.25, 0.3) is 0 Å². The largest absolute Gasteiger partial charge is 0.495 e. The highest BCUT2D eigenvalue weighted by atomic mass is 35.5. The van der Waals surface area contributed by atoms with E-state index in [4.69, 9.17) is 16.3 Å². The normalized spacial score (nSPS) is 10.3. The Morgan fingerprint density at radius 2 is 1.96 bits per heavy atom. The van der Waals surface area contributed by atoms with Gasteiger partial charge in [0.15, 0.2) is 0 Å². The lowest BCUT2D eigenvalue weighted by atomic mass is 10.1. The second-order valence-corrected chi connectivity index (χ2v) is 6.18. The number of rotatable bonds is 7. The SMILES string of the molecule is COc1ccccc1Nc1cnc(C(=O)NCCc2cccc(Cl)c2)cn1. The number of methoxy groups -OCH3 is 1. The lowest BCUT2D eigenvalue weighted by Crippen LogP contribution is -2.26. The first-order valence-electron chi connectivity index (χ1n) is 8.40. The van der Waals surface area contributed by atoms with Crippen molar-refractivity contribution >= 4 is 29.0 Å². The minimum Gasteiger partial charge on any atom is -0.495 e. The van der Waals surface area contributed by atoms with Crippen LogP contribution < -0.4 is 15.4 Å². The molecule has 0 atom stereocenters. The standard InChI is InChI=1S/C20H19ClN4O2/c1-27-18-8-3-2-7-16(18)25-19-13-23-17(12-24-19)20(26)22-10-9-14-5-4-6-15(21)11-14/h2-8,11-13H,9-10H2,1H3,(H,22,26)(H,24,25). The molecule has 3 rings (SSSR count). The zero-order valence-electron chi connectivity index (χ0n) is 14.8. The van der Waals surface area contributed by atoms with Crippen LogP contribution in [0.15, 0.2) is 60.9 Å². The fraction of sp³-hybridized carbons (Fsp3) is 0.150. The summed E-state index contributed by atoms with van der Waals surface area (Å²) in [6.45, 7) is 0.488. The van der Waals surface area contributed by atoms with E-state index in [-0.39, 0.29) is 11.6 Å². The van der Waals surface area contributed by atoms with Crippen molar-refractivity contribution in [3.8, 4) is 5.75 Å². The number of nitrogens with one attached hydrogen (secondary N) is 2. The summed E-state index contributed by atoms with van der Waals surface area (Å²) < 4.78 is 5.28. The predicted molar refractivity (Wildman–Crippen MR) is 106 cm³/mol. The Hall–Kier alpha value is -3.12. The third-order valence-corrected chi connectivity index (χ3v) is 4.08. The number of para-hydroxylation sites is 2. The van der Waals surface area contributed by atoms with Crippen LogP contribution in [0.4, 0.5) is 11.5 Å². The van der Waals surface area contributed by atoms with E-state index in [1.165, 1.54) is 12.4 Å². The third kappa shape index (κ3) is 5.18. The quantitative estimate of drug-likeness (QED) is 0.649. The molecule has 3 aromatic rings. The fourth-order valence-electron chi connectivity index (χ4n) is 2.50. The molecule has 0 spiro atoms. The Kier molecular flexibility index (Phi) is 6.22. The number of halogens is 1. The summed E-state index contributed by atoms with van der Waals surface area (Å²) in [6, 6.07) is 15.0. The molecule has 1 heterocycles. The van der Waals surface area contributed by atoms with E-state index >= 15 is 0 Å². The second-order valence-electron chi connectivity index (χ2n) is 5.75. The summed E-state index contributed by atoms with van der Waals surface area (Å²) in [7, 11) is 1.60. The molecular formula is C20H19ClN4O2. The molecule has 0 bridgehead atoms. The van der Waals surface area contributed by atoms with Crippen LogP contribution in [0, 0.1) is 0 Å². The molecule has 0 aliphatic rings. The molecule has 0 fully saturated rings. The summed E-state index contributed by atoms with van der Waals surface area (Å²) in [5, 5.41) is 6.63. The lowest BCUT2D eigenvalue weighted by Gasteiger charge is -2.10. The van der Waals surface area contributed by atoms with Gasteiger partial charge in [-0.05, 0) is 36.2 Å². The average molecular weight is 383 g/mol. The number of carbonyl (C=O) groups is 1. The number of hydrogen-bond donors (Lipinski definition) is 2. The van der Waals surface area contributed by atoms with E-state index in [9.17, 15) is 4.79 Å². The molecule has 2 N–H and O–H groups in total. The smallest absolute Gasteiger partial charge is 0.271 e. The molecule has 0 aliphatic heterocycles. The summed E-state index contributed by atoms with van der Waals surface area (Å²) in [4.78, 5) is 20.6. The van der Waals surface area contributed by atoms with Gasteiger partial charge < -0.3 is 15.4 Å². The maximum absolute atomic E-state index is 12.2. The summed E-state index contributed by atoms with van der Waals surface area (Å²) >= 11 is 5.95. The third-order valence-electron chi connectivity index (χ3n) is 3.84. The van der Waals surface area contributed by atoms with E-state index in [0.717, 1.165) is 11.3 Å². The highest BCUT2D eigenvalue weighted by Gasteiger charge is 2.09. The molecule has 0 radical (unpaired) electrons. The van der Waals surface area contributed by atoms with Gasteiger partial charge in [0, 0.05) is 11.6 Å². The van der Waals surface area contributed by atoms with Crippen molar-refractivity contribution in [1.29, 1.82) is 0 Å². The van der Waals surface area contributed by atoms with Crippen LogP contribution in [0.3, 0.4) is 0 Å². The van der Waals surface area contributed by atoms with Gasteiger partial charge >= 0.3 is 0 Å². The van der Waals surface area contributed by atoms with Crippen LogP contribution in [-0.4, -0.2) is 29.5 Å². The van der Waals surface area contributed by atoms with E-state index in [0.29, 0.717) is 29.6 Å². The Labute approximate surface area is 162 Å². The summed E-state index contributed by atoms with van der Waals surface area (Å²) in [5.74, 6) is 0.950. The molecule has 0 aliphatic carbocycles. The van der Waals surface area contributed by atoms with Crippen molar-refractivity contribution < 1.29 is 9.53 Å². The second kappa shape index (κ2) is 9.00. The van der Waals surface area contributed by atoms with Gasteiger partial charge in [0.2, 0.25) is 0 Å². The number of anilines is 2. The summed E-state index contributed by atoms with van der Waals surface area (Å²) in [6.07, 6.45) is 3.64. The number of ether oxygens (including phenoxy) is 1. The van der Waals surface area contributed by atoms with Gasteiger partial charge in [0.05, 0.1) is 25.2 Å². The van der Waals surface area contributed by atoms with Crippen molar-refractivity contribution in [3.05, 3.63) is 77.2 Å². The maximum Gasteiger partial charge on any atom is 0.271 e. The van der Waals surface area contributed by atoms with Crippen molar-refractivity contribution in [1.82, 2.24) is 15.3 Å². The molecule has 7 heteroatoms. The van der Waals surface area contributed by atoms with E-state index in [1.807, 2.05) is 48.5 Å². The van der Waals surface area contributed by atoms with E-state index < -0.39 is 0 Å². The van der Waals surface area contributed by atoms with Crippen LogP contribution in [0.1, 0.15) is 16.1 Å². The van der Waals surface area contributed by atoms with Gasteiger partial charge in [0.25, 0.3) is 5.91 Å². The number of nitrogens with zero attached hydrogens (tertiary/aromatic N) is 2. The Morgan fingerprint density at radius 1 is 1.11 bits per heavy atom. The number of benzene rings is 2. The van der Waals surface area contributed by atoms with Crippen LogP contribution in [0.5, 0.6) is 5.75 Å². The molecule has 0 saturated carbocycles. The zero-order valence-corrected chi connectivity index (χ0v) is 15.5. The molecule has 0 unspecified atom stereocenters. The van der Waals surface area contributed by atoms with Crippen LogP contribution in [-0.2, 0) is 6.42 Å². The Balaban J connectivity index is 1.55. The summed E-state index contributed by atoms with van der Waals surface area (Å²) in [5.41, 5.74) is 2.09. The first-order chi connectivity index (χ1) is 13.2. The van der Waals surface area contributed by atoms with Gasteiger partial charge in [-0.3, -0.25) is 4.79 Å². The topological polar surface area (TPSA) is 76.1 Å². The molecule has 0 saturated heterocycles. The molecule has 1 aromatic heterocycles. The van der Waals surface area contributed by atoms with E-state index in [1.54, 1.807) is 7.11 Å².